The second-order valence-corrected chi connectivity index (χ2v) is 14.2. The van der Waals surface area contributed by atoms with Gasteiger partial charge in [-0.05, 0) is 67.8 Å². The van der Waals surface area contributed by atoms with Crippen LogP contribution in [0.15, 0.2) is 24.5 Å². The Morgan fingerprint density at radius 3 is 2.32 bits per heavy atom. The molecule has 1 saturated heterocycles. The lowest BCUT2D eigenvalue weighted by molar-refractivity contribution is -0.128. The average Bonchev–Trinajstić information content (AvgIpc) is 3.28. The first-order valence-corrected chi connectivity index (χ1v) is 16.3. The molecule has 2 heterocycles. The number of hydrogen-bond donors (Lipinski definition) is 1. The zero-order valence-corrected chi connectivity index (χ0v) is 24.9. The molecule has 0 amide bonds. The molecule has 2 unspecified atom stereocenters. The van der Waals surface area contributed by atoms with Gasteiger partial charge in [-0.2, -0.15) is 0 Å². The highest BCUT2D eigenvalue weighted by Crippen LogP contribution is 2.64. The summed E-state index contributed by atoms with van der Waals surface area (Å²) in [4.78, 5) is 23.9. The van der Waals surface area contributed by atoms with Gasteiger partial charge in [-0.3, -0.25) is 9.52 Å². The van der Waals surface area contributed by atoms with Gasteiger partial charge < -0.3 is 9.64 Å². The molecule has 11 heteroatoms. The minimum Gasteiger partial charge on any atom is -0.493 e. The van der Waals surface area contributed by atoms with Gasteiger partial charge in [0.1, 0.15) is 17.2 Å². The number of hydrogen-bond acceptors (Lipinski definition) is 7. The van der Waals surface area contributed by atoms with E-state index in [1.807, 2.05) is 26.2 Å². The number of aromatic nitrogens is 2. The van der Waals surface area contributed by atoms with Crippen LogP contribution in [0.3, 0.4) is 0 Å². The van der Waals surface area contributed by atoms with Gasteiger partial charge in [0.05, 0.1) is 17.8 Å². The standard InChI is InChI=1S/C30H40F2N4O4S/c1-4-20-17-33-28(34-18-20)36-11-8-21(9-12-36)6-5-13-40-23-15-24(31)27(25(32)16-23)35-41(38,39)19-30-10-7-22(14-26(30)37)29(30,2)3/h15-18,21-22,35H,4-14,19H2,1-3H3. The number of carbonyl (C=O) groups is 1. The highest BCUT2D eigenvalue weighted by molar-refractivity contribution is 7.92. The van der Waals surface area contributed by atoms with Crippen molar-refractivity contribution in [1.29, 1.82) is 0 Å². The quantitative estimate of drug-likeness (QED) is 0.344. The summed E-state index contributed by atoms with van der Waals surface area (Å²) in [5.41, 5.74) is -1.12. The molecule has 2 bridgehead atoms. The number of halogens is 2. The van der Waals surface area contributed by atoms with Crippen LogP contribution in [0.2, 0.25) is 0 Å². The molecule has 2 aromatic rings. The lowest BCUT2D eigenvalue weighted by Gasteiger charge is -2.36. The second kappa shape index (κ2) is 11.5. The van der Waals surface area contributed by atoms with Gasteiger partial charge in [-0.25, -0.2) is 27.2 Å². The predicted octanol–water partition coefficient (Wildman–Crippen LogP) is 5.53. The smallest absolute Gasteiger partial charge is 0.233 e. The fourth-order valence-electron chi connectivity index (χ4n) is 7.03. The van der Waals surface area contributed by atoms with Gasteiger partial charge in [0.25, 0.3) is 0 Å². The number of fused-ring (bicyclic) bond motifs is 2. The average molecular weight is 591 g/mol. The summed E-state index contributed by atoms with van der Waals surface area (Å²) in [6.07, 6.45) is 9.98. The van der Waals surface area contributed by atoms with E-state index in [0.717, 1.165) is 75.3 Å². The maximum absolute atomic E-state index is 14.9. The van der Waals surface area contributed by atoms with Crippen LogP contribution in [0, 0.1) is 34.3 Å². The molecule has 2 atom stereocenters. The zero-order chi connectivity index (χ0) is 29.4. The minimum absolute atomic E-state index is 0.00905. The van der Waals surface area contributed by atoms with Crippen molar-refractivity contribution in [2.75, 3.05) is 35.1 Å². The molecule has 2 aliphatic carbocycles. The van der Waals surface area contributed by atoms with Gasteiger partial charge in [-0.1, -0.05) is 20.8 Å². The van der Waals surface area contributed by atoms with Crippen molar-refractivity contribution in [2.45, 2.75) is 72.1 Å². The third-order valence-corrected chi connectivity index (χ3v) is 11.3. The molecule has 5 rings (SSSR count). The Morgan fingerprint density at radius 2 is 1.76 bits per heavy atom. The van der Waals surface area contributed by atoms with Crippen LogP contribution in [0.25, 0.3) is 0 Å². The molecule has 224 valence electrons. The molecule has 1 aromatic heterocycles. The van der Waals surface area contributed by atoms with E-state index >= 15 is 0 Å². The number of piperidine rings is 1. The van der Waals surface area contributed by atoms with Crippen molar-refractivity contribution in [3.63, 3.8) is 0 Å². The fraction of sp³-hybridized carbons (Fsp3) is 0.633. The van der Waals surface area contributed by atoms with Crippen LogP contribution in [-0.2, 0) is 21.2 Å². The molecule has 0 radical (unpaired) electrons. The lowest BCUT2D eigenvalue weighted by Crippen LogP contribution is -2.43. The van der Waals surface area contributed by atoms with Crippen LogP contribution < -0.4 is 14.4 Å². The third-order valence-electron chi connectivity index (χ3n) is 9.87. The van der Waals surface area contributed by atoms with E-state index in [-0.39, 0.29) is 17.5 Å². The Hall–Kier alpha value is -2.82. The Morgan fingerprint density at radius 1 is 1.10 bits per heavy atom. The maximum Gasteiger partial charge on any atom is 0.233 e. The van der Waals surface area contributed by atoms with E-state index in [0.29, 0.717) is 25.4 Å². The summed E-state index contributed by atoms with van der Waals surface area (Å²) >= 11 is 0. The molecular formula is C30H40F2N4O4S. The SMILES string of the molecule is CCc1cnc(N2CCC(CCCOc3cc(F)c(NS(=O)(=O)CC45CCC(CC4=O)C5(C)C)c(F)c3)CC2)nc1. The minimum atomic E-state index is -4.19. The number of nitrogens with one attached hydrogen (secondary N) is 1. The predicted molar refractivity (Wildman–Crippen MR) is 153 cm³/mol. The monoisotopic (exact) mass is 590 g/mol. The van der Waals surface area contributed by atoms with E-state index in [4.69, 9.17) is 4.74 Å². The van der Waals surface area contributed by atoms with Crippen LogP contribution in [0.4, 0.5) is 20.4 Å². The molecule has 0 spiro atoms. The van der Waals surface area contributed by atoms with Gasteiger partial charge in [0.2, 0.25) is 16.0 Å². The van der Waals surface area contributed by atoms with E-state index in [1.54, 1.807) is 0 Å². The number of Topliss-reactive ketones (excluding diaryl/α,β-unsaturated/α-hetero) is 1. The van der Waals surface area contributed by atoms with E-state index < -0.39 is 43.9 Å². The molecule has 41 heavy (non-hydrogen) atoms. The molecule has 1 aromatic carbocycles. The summed E-state index contributed by atoms with van der Waals surface area (Å²) in [5, 5.41) is 0. The topological polar surface area (TPSA) is 101 Å². The number of anilines is 2. The third kappa shape index (κ3) is 5.92. The highest BCUT2D eigenvalue weighted by Gasteiger charge is 2.65. The number of ether oxygens (including phenoxy) is 1. The number of ketones is 1. The lowest BCUT2D eigenvalue weighted by atomic mass is 9.70. The Labute approximate surface area is 241 Å². The number of sulfonamides is 1. The number of carbonyl (C=O) groups excluding carboxylic acids is 1. The Balaban J connectivity index is 1.10. The molecule has 1 N–H and O–H groups in total. The molecular weight excluding hydrogens is 550 g/mol. The van der Waals surface area contributed by atoms with Crippen LogP contribution in [-0.4, -0.2) is 49.6 Å². The molecule has 1 aliphatic heterocycles. The molecule has 8 nitrogen and oxygen atoms in total. The van der Waals surface area contributed by atoms with Crippen molar-refractivity contribution < 1.29 is 26.7 Å². The second-order valence-electron chi connectivity index (χ2n) is 12.5. The number of rotatable bonds is 11. The van der Waals surface area contributed by atoms with Crippen molar-refractivity contribution >= 4 is 27.4 Å². The van der Waals surface area contributed by atoms with E-state index in [2.05, 4.69) is 26.5 Å². The Kier molecular flexibility index (Phi) is 8.29. The zero-order valence-electron chi connectivity index (χ0n) is 24.1. The van der Waals surface area contributed by atoms with Gasteiger partial charge in [0, 0.05) is 44.0 Å². The van der Waals surface area contributed by atoms with Gasteiger partial charge >= 0.3 is 0 Å². The summed E-state index contributed by atoms with van der Waals surface area (Å²) in [5.74, 6) is -1.21. The van der Waals surface area contributed by atoms with Crippen LogP contribution >= 0.6 is 0 Å². The number of aryl methyl sites for hydroxylation is 1. The first-order valence-electron chi connectivity index (χ1n) is 14.7. The summed E-state index contributed by atoms with van der Waals surface area (Å²) in [6, 6.07) is 2.00. The largest absolute Gasteiger partial charge is 0.493 e. The van der Waals surface area contributed by atoms with E-state index in [1.165, 1.54) is 0 Å². The maximum atomic E-state index is 14.9. The first-order chi connectivity index (χ1) is 19.4. The van der Waals surface area contributed by atoms with Gasteiger partial charge in [0.15, 0.2) is 11.6 Å². The normalized spacial score (nSPS) is 24.2. The Bertz CT molecular complexity index is 1350. The van der Waals surface area contributed by atoms with E-state index in [9.17, 15) is 22.0 Å². The van der Waals surface area contributed by atoms with Crippen molar-refractivity contribution in [3.05, 3.63) is 41.7 Å². The molecule has 2 saturated carbocycles. The molecule has 3 fully saturated rings. The summed E-state index contributed by atoms with van der Waals surface area (Å²) < 4.78 is 63.4. The van der Waals surface area contributed by atoms with Crippen LogP contribution in [0.1, 0.15) is 71.3 Å². The summed E-state index contributed by atoms with van der Waals surface area (Å²) in [7, 11) is -4.19. The van der Waals surface area contributed by atoms with Crippen LogP contribution in [0.5, 0.6) is 5.75 Å². The number of nitrogens with zero attached hydrogens (tertiary/aromatic N) is 3. The van der Waals surface area contributed by atoms with Crippen molar-refractivity contribution in [1.82, 2.24) is 9.97 Å². The molecule has 3 aliphatic rings. The van der Waals surface area contributed by atoms with Crippen molar-refractivity contribution in [2.24, 2.45) is 22.7 Å². The van der Waals surface area contributed by atoms with Crippen molar-refractivity contribution in [3.8, 4) is 5.75 Å². The number of benzene rings is 1. The first kappa shape index (κ1) is 29.7. The van der Waals surface area contributed by atoms with Gasteiger partial charge in [-0.15, -0.1) is 0 Å². The fourth-order valence-corrected chi connectivity index (χ4v) is 8.94. The highest BCUT2D eigenvalue weighted by atomic mass is 32.2. The summed E-state index contributed by atoms with van der Waals surface area (Å²) in [6.45, 7) is 7.99.